The minimum absolute atomic E-state index is 0.0933. The van der Waals surface area contributed by atoms with Gasteiger partial charge in [-0.2, -0.15) is 0 Å². The second-order valence-corrected chi connectivity index (χ2v) is 4.75. The van der Waals surface area contributed by atoms with Gasteiger partial charge in [0.25, 0.3) is 0 Å². The molecule has 4 nitrogen and oxygen atoms in total. The average Bonchev–Trinajstić information content (AvgIpc) is 2.41. The van der Waals surface area contributed by atoms with E-state index in [4.69, 9.17) is 16.7 Å². The van der Waals surface area contributed by atoms with Gasteiger partial charge in [0.15, 0.2) is 0 Å². The van der Waals surface area contributed by atoms with Crippen molar-refractivity contribution >= 4 is 23.3 Å². The number of carboxylic acids is 1. The molecule has 2 rings (SSSR count). The first-order valence-electron chi connectivity index (χ1n) is 6.11. The van der Waals surface area contributed by atoms with Gasteiger partial charge in [0.2, 0.25) is 0 Å². The molecule has 20 heavy (non-hydrogen) atoms. The van der Waals surface area contributed by atoms with Crippen molar-refractivity contribution in [2.75, 3.05) is 11.9 Å². The van der Waals surface area contributed by atoms with Gasteiger partial charge in [-0.1, -0.05) is 23.7 Å². The number of halogens is 1. The van der Waals surface area contributed by atoms with E-state index in [1.54, 1.807) is 24.3 Å². The highest BCUT2D eigenvalue weighted by atomic mass is 35.5. The lowest BCUT2D eigenvalue weighted by atomic mass is 10.1. The molecule has 0 radical (unpaired) electrons. The number of aromatic hydroxyl groups is 1. The molecule has 0 aliphatic rings. The zero-order chi connectivity index (χ0) is 14.5. The second kappa shape index (κ2) is 6.30. The number of aromatic carboxylic acids is 1. The molecule has 0 bridgehead atoms. The third-order valence-electron chi connectivity index (χ3n) is 2.88. The van der Waals surface area contributed by atoms with Gasteiger partial charge < -0.3 is 15.5 Å². The maximum Gasteiger partial charge on any atom is 0.337 e. The molecule has 2 aromatic carbocycles. The Morgan fingerprint density at radius 1 is 1.15 bits per heavy atom. The molecule has 0 atom stereocenters. The number of phenolic OH excluding ortho intramolecular Hbond substituents is 1. The summed E-state index contributed by atoms with van der Waals surface area (Å²) in [6.07, 6.45) is 0.790. The molecule has 0 heterocycles. The van der Waals surface area contributed by atoms with E-state index >= 15 is 0 Å². The fraction of sp³-hybridized carbons (Fsp3) is 0.133. The third kappa shape index (κ3) is 3.65. The minimum atomic E-state index is -1.04. The number of anilines is 1. The van der Waals surface area contributed by atoms with E-state index < -0.39 is 5.97 Å². The predicted molar refractivity (Wildman–Crippen MR) is 78.7 cm³/mol. The number of carbonyl (C=O) groups is 1. The first-order chi connectivity index (χ1) is 9.56. The van der Waals surface area contributed by atoms with Crippen LogP contribution >= 0.6 is 11.6 Å². The van der Waals surface area contributed by atoms with Gasteiger partial charge >= 0.3 is 5.97 Å². The summed E-state index contributed by atoms with van der Waals surface area (Å²) in [6, 6.07) is 11.8. The number of rotatable bonds is 5. The van der Waals surface area contributed by atoms with Crippen LogP contribution in [0.5, 0.6) is 5.75 Å². The summed E-state index contributed by atoms with van der Waals surface area (Å²) in [5.41, 5.74) is 1.97. The largest absolute Gasteiger partial charge is 0.508 e. The van der Waals surface area contributed by atoms with E-state index in [1.807, 2.05) is 12.1 Å². The van der Waals surface area contributed by atoms with Gasteiger partial charge in [-0.25, -0.2) is 4.79 Å². The van der Waals surface area contributed by atoms with Gasteiger partial charge in [-0.05, 0) is 42.3 Å². The molecular weight excluding hydrogens is 278 g/mol. The first-order valence-corrected chi connectivity index (χ1v) is 6.48. The van der Waals surface area contributed by atoms with Crippen molar-refractivity contribution in [3.05, 3.63) is 58.6 Å². The van der Waals surface area contributed by atoms with Gasteiger partial charge in [-0.3, -0.25) is 0 Å². The standard InChI is InChI=1S/C15H14ClNO3/c16-14-9-11(3-6-13(14)15(19)20)17-8-7-10-1-4-12(18)5-2-10/h1-6,9,17-18H,7-8H2,(H,19,20). The van der Waals surface area contributed by atoms with Crippen LogP contribution in [0.3, 0.4) is 0 Å². The Labute approximate surface area is 121 Å². The topological polar surface area (TPSA) is 69.6 Å². The smallest absolute Gasteiger partial charge is 0.337 e. The summed E-state index contributed by atoms with van der Waals surface area (Å²) in [5, 5.41) is 21.5. The lowest BCUT2D eigenvalue weighted by Gasteiger charge is -2.08. The fourth-order valence-corrected chi connectivity index (χ4v) is 2.07. The number of phenols is 1. The molecule has 0 aliphatic carbocycles. The van der Waals surface area contributed by atoms with Crippen molar-refractivity contribution in [3.8, 4) is 5.75 Å². The normalized spacial score (nSPS) is 10.2. The molecule has 2 aromatic rings. The second-order valence-electron chi connectivity index (χ2n) is 4.34. The molecule has 104 valence electrons. The van der Waals surface area contributed by atoms with Crippen molar-refractivity contribution in [3.63, 3.8) is 0 Å². The molecule has 0 saturated heterocycles. The Morgan fingerprint density at radius 3 is 2.45 bits per heavy atom. The van der Waals surface area contributed by atoms with Gasteiger partial charge in [-0.15, -0.1) is 0 Å². The van der Waals surface area contributed by atoms with E-state index in [1.165, 1.54) is 6.07 Å². The molecule has 0 unspecified atom stereocenters. The Morgan fingerprint density at radius 2 is 1.85 bits per heavy atom. The number of carboxylic acid groups (broad SMARTS) is 1. The van der Waals surface area contributed by atoms with Crippen LogP contribution in [-0.2, 0) is 6.42 Å². The molecule has 0 aromatic heterocycles. The number of nitrogens with one attached hydrogen (secondary N) is 1. The minimum Gasteiger partial charge on any atom is -0.508 e. The number of benzene rings is 2. The molecule has 3 N–H and O–H groups in total. The van der Waals surface area contributed by atoms with Crippen molar-refractivity contribution in [2.24, 2.45) is 0 Å². The molecule has 0 spiro atoms. The van der Waals surface area contributed by atoms with Crippen molar-refractivity contribution < 1.29 is 15.0 Å². The van der Waals surface area contributed by atoms with Crippen LogP contribution in [0.4, 0.5) is 5.69 Å². The number of hydrogen-bond acceptors (Lipinski definition) is 3. The summed E-state index contributed by atoms with van der Waals surface area (Å²) < 4.78 is 0. The van der Waals surface area contributed by atoms with E-state index in [2.05, 4.69) is 5.32 Å². The van der Waals surface area contributed by atoms with Crippen molar-refractivity contribution in [1.82, 2.24) is 0 Å². The van der Waals surface area contributed by atoms with Crippen LogP contribution in [0.1, 0.15) is 15.9 Å². The molecule has 5 heteroatoms. The summed E-state index contributed by atoms with van der Waals surface area (Å²) in [5.74, 6) is -0.789. The Balaban J connectivity index is 1.92. The Bertz CT molecular complexity index is 611. The van der Waals surface area contributed by atoms with Crippen molar-refractivity contribution in [1.29, 1.82) is 0 Å². The fourth-order valence-electron chi connectivity index (χ4n) is 1.81. The maximum absolute atomic E-state index is 10.8. The first kappa shape index (κ1) is 14.2. The van der Waals surface area contributed by atoms with Crippen LogP contribution < -0.4 is 5.32 Å². The van der Waals surface area contributed by atoms with E-state index in [-0.39, 0.29) is 16.3 Å². The van der Waals surface area contributed by atoms with Gasteiger partial charge in [0.05, 0.1) is 10.6 Å². The van der Waals surface area contributed by atoms with Crippen molar-refractivity contribution in [2.45, 2.75) is 6.42 Å². The zero-order valence-electron chi connectivity index (χ0n) is 10.6. The molecular formula is C15H14ClNO3. The molecule has 0 amide bonds. The van der Waals surface area contributed by atoms with E-state index in [9.17, 15) is 9.90 Å². The molecule has 0 fully saturated rings. The monoisotopic (exact) mass is 291 g/mol. The highest BCUT2D eigenvalue weighted by molar-refractivity contribution is 6.33. The van der Waals surface area contributed by atoms with Gasteiger partial charge in [0, 0.05) is 12.2 Å². The van der Waals surface area contributed by atoms with E-state index in [0.717, 1.165) is 17.7 Å². The Hall–Kier alpha value is -2.20. The van der Waals surface area contributed by atoms with Crippen LogP contribution in [0, 0.1) is 0 Å². The number of hydrogen-bond donors (Lipinski definition) is 3. The maximum atomic E-state index is 10.8. The molecule has 0 saturated carbocycles. The van der Waals surface area contributed by atoms with Crippen LogP contribution in [-0.4, -0.2) is 22.7 Å². The lowest BCUT2D eigenvalue weighted by molar-refractivity contribution is 0.0697. The highest BCUT2D eigenvalue weighted by Crippen LogP contribution is 2.21. The van der Waals surface area contributed by atoms with E-state index in [0.29, 0.717) is 6.54 Å². The summed E-state index contributed by atoms with van der Waals surface area (Å²) in [4.78, 5) is 10.8. The van der Waals surface area contributed by atoms with Crippen LogP contribution in [0.2, 0.25) is 5.02 Å². The SMILES string of the molecule is O=C(O)c1ccc(NCCc2ccc(O)cc2)cc1Cl. The predicted octanol–water partition coefficient (Wildman–Crippen LogP) is 3.40. The molecule has 0 aliphatic heterocycles. The summed E-state index contributed by atoms with van der Waals surface area (Å²) in [7, 11) is 0. The van der Waals surface area contributed by atoms with Crippen LogP contribution in [0.25, 0.3) is 0 Å². The third-order valence-corrected chi connectivity index (χ3v) is 3.19. The quantitative estimate of drug-likeness (QED) is 0.790. The Kier molecular flexibility index (Phi) is 4.48. The zero-order valence-corrected chi connectivity index (χ0v) is 11.4. The highest BCUT2D eigenvalue weighted by Gasteiger charge is 2.08. The lowest BCUT2D eigenvalue weighted by Crippen LogP contribution is -2.05. The summed E-state index contributed by atoms with van der Waals surface area (Å²) >= 11 is 5.89. The summed E-state index contributed by atoms with van der Waals surface area (Å²) in [6.45, 7) is 0.688. The average molecular weight is 292 g/mol. The van der Waals surface area contributed by atoms with Crippen LogP contribution in [0.15, 0.2) is 42.5 Å². The van der Waals surface area contributed by atoms with Gasteiger partial charge in [0.1, 0.15) is 5.75 Å².